The molecule has 2 aromatic carbocycles. The Morgan fingerprint density at radius 3 is 2.16 bits per heavy atom. The van der Waals surface area contributed by atoms with Crippen LogP contribution in [0.15, 0.2) is 65.2 Å². The number of rotatable bonds is 6. The molecule has 6 heteroatoms. The van der Waals surface area contributed by atoms with E-state index in [4.69, 9.17) is 9.15 Å². The second-order valence-corrected chi connectivity index (χ2v) is 8.05. The van der Waals surface area contributed by atoms with E-state index in [9.17, 15) is 4.39 Å². The lowest BCUT2D eigenvalue weighted by Crippen LogP contribution is -2.18. The number of benzene rings is 2. The van der Waals surface area contributed by atoms with Crippen LogP contribution in [0.2, 0.25) is 0 Å². The molecule has 5 nitrogen and oxygen atoms in total. The highest BCUT2D eigenvalue weighted by atomic mass is 19.1. The Kier molecular flexibility index (Phi) is 5.55. The van der Waals surface area contributed by atoms with Crippen molar-refractivity contribution < 1.29 is 13.5 Å². The fourth-order valence-electron chi connectivity index (χ4n) is 3.41. The van der Waals surface area contributed by atoms with Gasteiger partial charge in [0.15, 0.2) is 5.82 Å². The maximum Gasteiger partial charge on any atom is 0.250 e. The molecule has 0 bridgehead atoms. The molecule has 0 saturated carbocycles. The van der Waals surface area contributed by atoms with Crippen LogP contribution in [0, 0.1) is 19.7 Å². The largest absolute Gasteiger partial charge is 0.487 e. The molecule has 0 saturated heterocycles. The first-order chi connectivity index (χ1) is 14.8. The third-order valence-corrected chi connectivity index (χ3v) is 5.44. The van der Waals surface area contributed by atoms with Gasteiger partial charge >= 0.3 is 0 Å². The minimum absolute atomic E-state index is 0.00645. The highest BCUT2D eigenvalue weighted by Gasteiger charge is 2.23. The summed E-state index contributed by atoms with van der Waals surface area (Å²) < 4.78 is 26.0. The molecule has 0 aliphatic rings. The Balaban J connectivity index is 1.48. The Morgan fingerprint density at radius 1 is 0.903 bits per heavy atom. The zero-order chi connectivity index (χ0) is 22.0. The summed E-state index contributed by atoms with van der Waals surface area (Å²) in [5.41, 5.74) is 3.90. The van der Waals surface area contributed by atoms with Crippen LogP contribution in [0.1, 0.15) is 42.1 Å². The smallest absolute Gasteiger partial charge is 0.250 e. The van der Waals surface area contributed by atoms with Gasteiger partial charge in [0.05, 0.1) is 5.56 Å². The zero-order valence-corrected chi connectivity index (χ0v) is 18.0. The van der Waals surface area contributed by atoms with E-state index in [0.29, 0.717) is 11.6 Å². The molecule has 158 valence electrons. The Morgan fingerprint density at radius 2 is 1.55 bits per heavy atom. The summed E-state index contributed by atoms with van der Waals surface area (Å²) in [7, 11) is 0. The van der Waals surface area contributed by atoms with Crippen molar-refractivity contribution in [1.29, 1.82) is 0 Å². The molecular weight excluding hydrogens is 393 g/mol. The van der Waals surface area contributed by atoms with E-state index in [1.165, 1.54) is 29.0 Å². The summed E-state index contributed by atoms with van der Waals surface area (Å²) in [6, 6.07) is 17.9. The number of hydrogen-bond donors (Lipinski definition) is 0. The van der Waals surface area contributed by atoms with E-state index in [2.05, 4.69) is 60.2 Å². The molecule has 4 rings (SSSR count). The number of pyridine rings is 1. The molecule has 4 aromatic rings. The lowest BCUT2D eigenvalue weighted by Gasteiger charge is -2.26. The summed E-state index contributed by atoms with van der Waals surface area (Å²) in [4.78, 5) is 4.10. The van der Waals surface area contributed by atoms with Gasteiger partial charge in [0, 0.05) is 18.5 Å². The number of aromatic nitrogens is 3. The lowest BCUT2D eigenvalue weighted by atomic mass is 9.78. The normalized spacial score (nSPS) is 11.5. The van der Waals surface area contributed by atoms with Gasteiger partial charge in [-0.2, -0.15) is 0 Å². The van der Waals surface area contributed by atoms with Crippen LogP contribution in [-0.4, -0.2) is 15.2 Å². The van der Waals surface area contributed by atoms with Crippen molar-refractivity contribution in [2.24, 2.45) is 0 Å². The van der Waals surface area contributed by atoms with E-state index < -0.39 is 5.82 Å². The molecule has 0 radical (unpaired) electrons. The Bertz CT molecular complexity index is 1180. The second kappa shape index (κ2) is 8.30. The zero-order valence-electron chi connectivity index (χ0n) is 18.0. The fourth-order valence-corrected chi connectivity index (χ4v) is 3.41. The highest BCUT2D eigenvalue weighted by Crippen LogP contribution is 2.32. The standard InChI is InChI=1S/C25H24FN3O2/c1-16-5-7-18(8-6-16)25(3,4)19-9-11-20(12-10-19)30-15-22-23(26)21(13-14-27-22)24-29-28-17(2)31-24/h5-14H,15H2,1-4H3. The Hall–Kier alpha value is -3.54. The van der Waals surface area contributed by atoms with Gasteiger partial charge in [0.25, 0.3) is 5.89 Å². The predicted molar refractivity (Wildman–Crippen MR) is 116 cm³/mol. The van der Waals surface area contributed by atoms with E-state index in [-0.39, 0.29) is 29.2 Å². The van der Waals surface area contributed by atoms with Gasteiger partial charge in [-0.25, -0.2) is 4.39 Å². The van der Waals surface area contributed by atoms with Crippen LogP contribution in [0.5, 0.6) is 5.75 Å². The molecule has 31 heavy (non-hydrogen) atoms. The first kappa shape index (κ1) is 20.7. The van der Waals surface area contributed by atoms with Gasteiger partial charge in [0.2, 0.25) is 5.89 Å². The van der Waals surface area contributed by atoms with Gasteiger partial charge in [0.1, 0.15) is 18.1 Å². The van der Waals surface area contributed by atoms with E-state index >= 15 is 0 Å². The fraction of sp³-hybridized carbons (Fsp3) is 0.240. The maximum atomic E-state index is 14.8. The van der Waals surface area contributed by atoms with Crippen molar-refractivity contribution >= 4 is 0 Å². The molecular formula is C25H24FN3O2. The van der Waals surface area contributed by atoms with Crippen molar-refractivity contribution in [1.82, 2.24) is 15.2 Å². The van der Waals surface area contributed by atoms with Gasteiger partial charge in [-0.1, -0.05) is 55.8 Å². The van der Waals surface area contributed by atoms with Crippen LogP contribution in [0.25, 0.3) is 11.5 Å². The first-order valence-corrected chi connectivity index (χ1v) is 10.1. The molecule has 0 fully saturated rings. The van der Waals surface area contributed by atoms with Crippen molar-refractivity contribution in [3.05, 3.63) is 94.9 Å². The monoisotopic (exact) mass is 417 g/mol. The third kappa shape index (κ3) is 4.33. The average Bonchev–Trinajstić information content (AvgIpc) is 3.19. The first-order valence-electron chi connectivity index (χ1n) is 10.1. The summed E-state index contributed by atoms with van der Waals surface area (Å²) >= 11 is 0. The van der Waals surface area contributed by atoms with Crippen LogP contribution in [0.4, 0.5) is 4.39 Å². The molecule has 0 amide bonds. The third-order valence-electron chi connectivity index (χ3n) is 5.44. The Labute approximate surface area is 180 Å². The van der Waals surface area contributed by atoms with E-state index in [1.54, 1.807) is 6.92 Å². The molecule has 0 aliphatic heterocycles. The number of nitrogens with zero attached hydrogens (tertiary/aromatic N) is 3. The molecule has 2 aromatic heterocycles. The molecule has 0 N–H and O–H groups in total. The number of hydrogen-bond acceptors (Lipinski definition) is 5. The van der Waals surface area contributed by atoms with E-state index in [0.717, 1.165) is 0 Å². The molecule has 0 spiro atoms. The highest BCUT2D eigenvalue weighted by molar-refractivity contribution is 5.53. The van der Waals surface area contributed by atoms with Gasteiger partial charge in [-0.15, -0.1) is 10.2 Å². The lowest BCUT2D eigenvalue weighted by molar-refractivity contribution is 0.294. The number of aryl methyl sites for hydroxylation is 2. The molecule has 0 unspecified atom stereocenters. The summed E-state index contributed by atoms with van der Waals surface area (Å²) in [6.45, 7) is 8.12. The van der Waals surface area contributed by atoms with Crippen LogP contribution >= 0.6 is 0 Å². The van der Waals surface area contributed by atoms with Gasteiger partial charge in [-0.3, -0.25) is 4.98 Å². The van der Waals surface area contributed by atoms with Crippen LogP contribution in [0.3, 0.4) is 0 Å². The van der Waals surface area contributed by atoms with Crippen molar-refractivity contribution in [2.75, 3.05) is 0 Å². The van der Waals surface area contributed by atoms with Crippen molar-refractivity contribution in [3.63, 3.8) is 0 Å². The van der Waals surface area contributed by atoms with Crippen LogP contribution < -0.4 is 4.74 Å². The summed E-state index contributed by atoms with van der Waals surface area (Å²) in [5, 5.41) is 7.62. The second-order valence-electron chi connectivity index (χ2n) is 8.05. The average molecular weight is 417 g/mol. The molecule has 0 aliphatic carbocycles. The van der Waals surface area contributed by atoms with Crippen molar-refractivity contribution in [3.8, 4) is 17.2 Å². The number of halogens is 1. The summed E-state index contributed by atoms with van der Waals surface area (Å²) in [5.74, 6) is 0.617. The predicted octanol–water partition coefficient (Wildman–Crippen LogP) is 5.79. The SMILES string of the molecule is Cc1ccc(C(C)(C)c2ccc(OCc3nccc(-c4nnc(C)o4)c3F)cc2)cc1. The van der Waals surface area contributed by atoms with E-state index in [1.807, 2.05) is 24.3 Å². The minimum atomic E-state index is -0.525. The van der Waals surface area contributed by atoms with Gasteiger partial charge in [-0.05, 0) is 36.2 Å². The molecule has 2 heterocycles. The summed E-state index contributed by atoms with van der Waals surface area (Å²) in [6.07, 6.45) is 1.50. The minimum Gasteiger partial charge on any atom is -0.487 e. The van der Waals surface area contributed by atoms with Crippen molar-refractivity contribution in [2.45, 2.75) is 39.7 Å². The topological polar surface area (TPSA) is 61.0 Å². The van der Waals surface area contributed by atoms with Crippen LogP contribution in [-0.2, 0) is 12.0 Å². The van der Waals surface area contributed by atoms with Gasteiger partial charge < -0.3 is 9.15 Å². The number of ether oxygens (including phenoxy) is 1. The molecule has 0 atom stereocenters. The quantitative estimate of drug-likeness (QED) is 0.397. The maximum absolute atomic E-state index is 14.8.